The van der Waals surface area contributed by atoms with Gasteiger partial charge in [0.2, 0.25) is 0 Å². The van der Waals surface area contributed by atoms with Crippen LogP contribution in [0.3, 0.4) is 0 Å². The molecule has 0 aliphatic carbocycles. The van der Waals surface area contributed by atoms with Crippen LogP contribution in [0.25, 0.3) is 0 Å². The molecule has 0 aromatic carbocycles. The maximum Gasteiger partial charge on any atom is 0.138 e. The number of alkyl halides is 1. The van der Waals surface area contributed by atoms with E-state index in [2.05, 4.69) is 6.92 Å². The van der Waals surface area contributed by atoms with Crippen molar-refractivity contribution in [3.8, 4) is 0 Å². The van der Waals surface area contributed by atoms with Gasteiger partial charge in [0.15, 0.2) is 0 Å². The molecule has 0 rings (SSSR count). The van der Waals surface area contributed by atoms with Gasteiger partial charge in [0.05, 0.1) is 0 Å². The Hall–Kier alpha value is 0.210. The maximum atomic E-state index is 9.63. The van der Waals surface area contributed by atoms with Gasteiger partial charge in [0.1, 0.15) is 5.06 Å². The van der Waals surface area contributed by atoms with Crippen molar-refractivity contribution in [1.82, 2.24) is 6.15 Å². The minimum atomic E-state index is -1.03. The first-order valence-electron chi connectivity index (χ1n) is 8.89. The Morgan fingerprint density at radius 3 is 1.48 bits per heavy atom. The lowest BCUT2D eigenvalue weighted by atomic mass is 9.97. The van der Waals surface area contributed by atoms with E-state index in [1.165, 1.54) is 77.0 Å². The van der Waals surface area contributed by atoms with E-state index in [0.717, 1.165) is 6.42 Å². The summed E-state index contributed by atoms with van der Waals surface area (Å²) in [7, 11) is 0. The van der Waals surface area contributed by atoms with Crippen LogP contribution in [0.4, 0.5) is 0 Å². The van der Waals surface area contributed by atoms with Crippen molar-refractivity contribution in [2.75, 3.05) is 0 Å². The van der Waals surface area contributed by atoms with Crippen LogP contribution in [0, 0.1) is 5.92 Å². The van der Waals surface area contributed by atoms with Crippen LogP contribution >= 0.6 is 11.6 Å². The quantitative estimate of drug-likeness (QED) is 0.272. The molecular formula is C18H40ClNO. The lowest BCUT2D eigenvalue weighted by Crippen LogP contribution is -2.25. The van der Waals surface area contributed by atoms with E-state index in [4.69, 9.17) is 11.6 Å². The Morgan fingerprint density at radius 2 is 1.14 bits per heavy atom. The predicted molar refractivity (Wildman–Crippen MR) is 96.4 cm³/mol. The highest BCUT2D eigenvalue weighted by Crippen LogP contribution is 2.26. The highest BCUT2D eigenvalue weighted by Gasteiger charge is 2.23. The molecule has 0 spiro atoms. The van der Waals surface area contributed by atoms with Gasteiger partial charge in [-0.15, -0.1) is 0 Å². The second kappa shape index (κ2) is 15.1. The Morgan fingerprint density at radius 1 is 0.810 bits per heavy atom. The largest absolute Gasteiger partial charge is 0.375 e. The normalized spacial score (nSPS) is 15.3. The average Bonchev–Trinajstić information content (AvgIpc) is 2.38. The highest BCUT2D eigenvalue weighted by molar-refractivity contribution is 6.22. The molecule has 0 fully saturated rings. The standard InChI is InChI=1S/C18H37ClO.H3N/c1-4-5-6-7-8-9-10-11-12-13-14-15-16-17(2)18(3,19)20;/h17,20H,4-16H2,1-3H3;1H3. The summed E-state index contributed by atoms with van der Waals surface area (Å²) in [5.74, 6) is 0.187. The number of hydrogen-bond donors (Lipinski definition) is 2. The molecule has 21 heavy (non-hydrogen) atoms. The summed E-state index contributed by atoms with van der Waals surface area (Å²) < 4.78 is 0. The molecule has 3 heteroatoms. The van der Waals surface area contributed by atoms with Crippen molar-refractivity contribution < 1.29 is 5.11 Å². The number of hydrogen-bond acceptors (Lipinski definition) is 2. The zero-order valence-electron chi connectivity index (χ0n) is 14.8. The Balaban J connectivity index is 0. The van der Waals surface area contributed by atoms with Gasteiger partial charge < -0.3 is 11.3 Å². The molecule has 2 atom stereocenters. The van der Waals surface area contributed by atoms with E-state index in [9.17, 15) is 5.11 Å². The fraction of sp³-hybridized carbons (Fsp3) is 1.00. The monoisotopic (exact) mass is 321 g/mol. The fourth-order valence-electron chi connectivity index (χ4n) is 2.55. The van der Waals surface area contributed by atoms with Crippen molar-refractivity contribution in [3.63, 3.8) is 0 Å². The molecule has 0 saturated heterocycles. The average molecular weight is 322 g/mol. The van der Waals surface area contributed by atoms with Crippen molar-refractivity contribution >= 4 is 11.6 Å². The van der Waals surface area contributed by atoms with Crippen LogP contribution in [0.15, 0.2) is 0 Å². The maximum absolute atomic E-state index is 9.63. The third-order valence-corrected chi connectivity index (χ3v) is 4.76. The molecular weight excluding hydrogens is 282 g/mol. The fourth-order valence-corrected chi connectivity index (χ4v) is 2.66. The van der Waals surface area contributed by atoms with Crippen LogP contribution in [-0.2, 0) is 0 Å². The van der Waals surface area contributed by atoms with E-state index >= 15 is 0 Å². The molecule has 2 unspecified atom stereocenters. The van der Waals surface area contributed by atoms with Crippen LogP contribution in [0.2, 0.25) is 0 Å². The van der Waals surface area contributed by atoms with Crippen LogP contribution in [-0.4, -0.2) is 10.2 Å². The predicted octanol–water partition coefficient (Wildman–Crippen LogP) is 6.82. The van der Waals surface area contributed by atoms with Crippen molar-refractivity contribution in [2.24, 2.45) is 5.92 Å². The van der Waals surface area contributed by atoms with Gasteiger partial charge in [0, 0.05) is 0 Å². The van der Waals surface area contributed by atoms with Gasteiger partial charge >= 0.3 is 0 Å². The molecule has 0 aromatic rings. The summed E-state index contributed by atoms with van der Waals surface area (Å²) in [5, 5.41) is 8.60. The van der Waals surface area contributed by atoms with Gasteiger partial charge in [-0.1, -0.05) is 102 Å². The van der Waals surface area contributed by atoms with Crippen LogP contribution in [0.5, 0.6) is 0 Å². The summed E-state index contributed by atoms with van der Waals surface area (Å²) in [4.78, 5) is 0. The third-order valence-electron chi connectivity index (χ3n) is 4.39. The van der Waals surface area contributed by atoms with Crippen molar-refractivity contribution in [1.29, 1.82) is 0 Å². The minimum Gasteiger partial charge on any atom is -0.375 e. The first-order chi connectivity index (χ1) is 9.48. The Kier molecular flexibility index (Phi) is 16.9. The molecule has 0 aromatic heterocycles. The molecule has 2 nitrogen and oxygen atoms in total. The summed E-state index contributed by atoms with van der Waals surface area (Å²) >= 11 is 5.88. The molecule has 0 saturated carbocycles. The van der Waals surface area contributed by atoms with E-state index < -0.39 is 5.06 Å². The second-order valence-corrected chi connectivity index (χ2v) is 7.37. The zero-order chi connectivity index (χ0) is 15.3. The molecule has 0 aliphatic heterocycles. The van der Waals surface area contributed by atoms with Crippen LogP contribution in [0.1, 0.15) is 104 Å². The molecule has 130 valence electrons. The van der Waals surface area contributed by atoms with E-state index in [1.54, 1.807) is 6.92 Å². The number of unbranched alkanes of at least 4 members (excludes halogenated alkanes) is 11. The lowest BCUT2D eigenvalue weighted by Gasteiger charge is -2.23. The summed E-state index contributed by atoms with van der Waals surface area (Å²) in [6, 6.07) is 0. The SMILES string of the molecule is CCCCCCCCCCCCCCC(C)C(C)(O)Cl.N. The molecule has 0 heterocycles. The summed E-state index contributed by atoms with van der Waals surface area (Å²) in [6.45, 7) is 6.00. The first kappa shape index (κ1) is 23.5. The highest BCUT2D eigenvalue weighted by atomic mass is 35.5. The Bertz CT molecular complexity index is 204. The van der Waals surface area contributed by atoms with Crippen LogP contribution < -0.4 is 6.15 Å². The van der Waals surface area contributed by atoms with Gasteiger partial charge in [0.25, 0.3) is 0 Å². The number of rotatable bonds is 14. The number of aliphatic hydroxyl groups is 1. The second-order valence-electron chi connectivity index (χ2n) is 6.60. The van der Waals surface area contributed by atoms with Gasteiger partial charge in [-0.2, -0.15) is 0 Å². The Labute approximate surface area is 138 Å². The van der Waals surface area contributed by atoms with E-state index in [1.807, 2.05) is 6.92 Å². The summed E-state index contributed by atoms with van der Waals surface area (Å²) in [5.41, 5.74) is 0. The molecule has 0 bridgehead atoms. The molecule has 0 radical (unpaired) electrons. The topological polar surface area (TPSA) is 55.2 Å². The summed E-state index contributed by atoms with van der Waals surface area (Å²) in [6.07, 6.45) is 17.5. The van der Waals surface area contributed by atoms with Crippen molar-refractivity contribution in [3.05, 3.63) is 0 Å². The first-order valence-corrected chi connectivity index (χ1v) is 9.27. The van der Waals surface area contributed by atoms with E-state index in [0.29, 0.717) is 0 Å². The number of halogens is 1. The minimum absolute atomic E-state index is 0. The smallest absolute Gasteiger partial charge is 0.138 e. The molecule has 0 amide bonds. The van der Waals surface area contributed by atoms with Gasteiger partial charge in [-0.3, -0.25) is 0 Å². The van der Waals surface area contributed by atoms with Crippen molar-refractivity contribution in [2.45, 2.75) is 109 Å². The third kappa shape index (κ3) is 16.4. The zero-order valence-corrected chi connectivity index (χ0v) is 15.6. The van der Waals surface area contributed by atoms with Gasteiger partial charge in [-0.25, -0.2) is 0 Å². The van der Waals surface area contributed by atoms with E-state index in [-0.39, 0.29) is 12.1 Å². The van der Waals surface area contributed by atoms with Gasteiger partial charge in [-0.05, 0) is 19.3 Å². The lowest BCUT2D eigenvalue weighted by molar-refractivity contribution is 0.0844. The molecule has 0 aliphatic rings. The molecule has 4 N–H and O–H groups in total.